The number of urea groups is 1. The lowest BCUT2D eigenvalue weighted by Gasteiger charge is -2.32. The molecule has 2 aliphatic rings. The molecular formula is C8H12N2O3. The Morgan fingerprint density at radius 1 is 1.46 bits per heavy atom. The minimum atomic E-state index is -0.825. The van der Waals surface area contributed by atoms with Crippen molar-refractivity contribution in [2.24, 2.45) is 0 Å². The Labute approximate surface area is 75.5 Å². The predicted octanol–water partition coefficient (Wildman–Crippen LogP) is -0.501. The topological polar surface area (TPSA) is 78.4 Å². The van der Waals surface area contributed by atoms with Crippen LogP contribution in [0.25, 0.3) is 0 Å². The van der Waals surface area contributed by atoms with Gasteiger partial charge in [-0.25, -0.2) is 4.79 Å². The molecule has 0 radical (unpaired) electrons. The molecule has 13 heavy (non-hydrogen) atoms. The summed E-state index contributed by atoms with van der Waals surface area (Å²) in [5.41, 5.74) is -0.825. The maximum Gasteiger partial charge on any atom is 0.322 e. The monoisotopic (exact) mass is 184 g/mol. The Morgan fingerprint density at radius 3 is 2.77 bits per heavy atom. The van der Waals surface area contributed by atoms with Crippen molar-refractivity contribution in [1.29, 1.82) is 0 Å². The lowest BCUT2D eigenvalue weighted by molar-refractivity contribution is -0.126. The summed E-state index contributed by atoms with van der Waals surface area (Å²) in [5.74, 6) is -0.295. The van der Waals surface area contributed by atoms with E-state index >= 15 is 0 Å². The minimum Gasteiger partial charge on any atom is -0.393 e. The van der Waals surface area contributed by atoms with Gasteiger partial charge in [0.1, 0.15) is 5.54 Å². The van der Waals surface area contributed by atoms with Crippen LogP contribution < -0.4 is 10.6 Å². The van der Waals surface area contributed by atoms with E-state index in [1.165, 1.54) is 0 Å². The van der Waals surface area contributed by atoms with E-state index < -0.39 is 17.7 Å². The maximum absolute atomic E-state index is 11.4. The summed E-state index contributed by atoms with van der Waals surface area (Å²) in [7, 11) is 0. The number of aliphatic hydroxyl groups is 1. The summed E-state index contributed by atoms with van der Waals surface area (Å²) < 4.78 is 0. The molecule has 2 rings (SSSR count). The highest BCUT2D eigenvalue weighted by Crippen LogP contribution is 2.30. The molecular weight excluding hydrogens is 172 g/mol. The standard InChI is InChI=1S/C8H12N2O3/c11-5-2-1-3-8(4-5)6(12)9-7(13)10-8/h5,11H,1-4H2,(H2,9,10,12,13). The van der Waals surface area contributed by atoms with Crippen LogP contribution in [-0.4, -0.2) is 28.7 Å². The van der Waals surface area contributed by atoms with Gasteiger partial charge in [-0.15, -0.1) is 0 Å². The Bertz CT molecular complexity index is 266. The number of hydrogen-bond donors (Lipinski definition) is 3. The highest BCUT2D eigenvalue weighted by Gasteiger charge is 2.48. The third-order valence-corrected chi connectivity index (χ3v) is 2.74. The van der Waals surface area contributed by atoms with Crippen LogP contribution in [0.5, 0.6) is 0 Å². The van der Waals surface area contributed by atoms with Gasteiger partial charge in [0, 0.05) is 6.42 Å². The number of nitrogens with one attached hydrogen (secondary N) is 2. The summed E-state index contributed by atoms with van der Waals surface area (Å²) >= 11 is 0. The normalized spacial score (nSPS) is 39.0. The van der Waals surface area contributed by atoms with E-state index in [9.17, 15) is 14.7 Å². The molecule has 3 N–H and O–H groups in total. The SMILES string of the molecule is O=C1NC(=O)C2(CCCC(O)C2)N1. The molecule has 2 atom stereocenters. The van der Waals surface area contributed by atoms with Gasteiger partial charge < -0.3 is 10.4 Å². The Morgan fingerprint density at radius 2 is 2.23 bits per heavy atom. The van der Waals surface area contributed by atoms with Gasteiger partial charge in [0.05, 0.1) is 6.10 Å². The molecule has 5 nitrogen and oxygen atoms in total. The van der Waals surface area contributed by atoms with E-state index in [2.05, 4.69) is 10.6 Å². The van der Waals surface area contributed by atoms with Crippen LogP contribution in [0.4, 0.5) is 4.79 Å². The molecule has 1 aliphatic carbocycles. The number of hydrogen-bond acceptors (Lipinski definition) is 3. The predicted molar refractivity (Wildman–Crippen MR) is 43.9 cm³/mol. The van der Waals surface area contributed by atoms with Crippen molar-refractivity contribution >= 4 is 11.9 Å². The second-order valence-electron chi connectivity index (χ2n) is 3.74. The van der Waals surface area contributed by atoms with E-state index in [0.29, 0.717) is 19.3 Å². The molecule has 0 aromatic carbocycles. The number of rotatable bonds is 0. The average Bonchev–Trinajstić information content (AvgIpc) is 2.26. The quantitative estimate of drug-likeness (QED) is 0.444. The van der Waals surface area contributed by atoms with E-state index in [-0.39, 0.29) is 5.91 Å². The van der Waals surface area contributed by atoms with Gasteiger partial charge in [-0.05, 0) is 19.3 Å². The van der Waals surface area contributed by atoms with Crippen LogP contribution in [0, 0.1) is 0 Å². The van der Waals surface area contributed by atoms with Gasteiger partial charge in [0.25, 0.3) is 5.91 Å². The molecule has 1 saturated carbocycles. The number of imide groups is 1. The van der Waals surface area contributed by atoms with Gasteiger partial charge in [-0.3, -0.25) is 10.1 Å². The summed E-state index contributed by atoms with van der Waals surface area (Å²) in [6, 6.07) is -0.445. The van der Waals surface area contributed by atoms with Gasteiger partial charge in [-0.2, -0.15) is 0 Å². The molecule has 3 amide bonds. The molecule has 1 saturated heterocycles. The van der Waals surface area contributed by atoms with Crippen LogP contribution in [0.3, 0.4) is 0 Å². The molecule has 1 heterocycles. The first-order valence-corrected chi connectivity index (χ1v) is 4.44. The second kappa shape index (κ2) is 2.70. The zero-order chi connectivity index (χ0) is 9.47. The van der Waals surface area contributed by atoms with Crippen molar-refractivity contribution in [2.75, 3.05) is 0 Å². The van der Waals surface area contributed by atoms with Crippen molar-refractivity contribution in [2.45, 2.75) is 37.3 Å². The first-order valence-electron chi connectivity index (χ1n) is 4.44. The Kier molecular flexibility index (Phi) is 1.76. The smallest absolute Gasteiger partial charge is 0.322 e. The fraction of sp³-hybridized carbons (Fsp3) is 0.750. The lowest BCUT2D eigenvalue weighted by Crippen LogP contribution is -2.51. The first-order chi connectivity index (χ1) is 6.12. The number of carbonyl (C=O) groups excluding carboxylic acids is 2. The van der Waals surface area contributed by atoms with Crippen LogP contribution >= 0.6 is 0 Å². The van der Waals surface area contributed by atoms with Crippen molar-refractivity contribution in [3.63, 3.8) is 0 Å². The number of carbonyl (C=O) groups is 2. The molecule has 0 aromatic heterocycles. The van der Waals surface area contributed by atoms with E-state index in [1.54, 1.807) is 0 Å². The molecule has 5 heteroatoms. The summed E-state index contributed by atoms with van der Waals surface area (Å²) in [4.78, 5) is 22.3. The van der Waals surface area contributed by atoms with Crippen molar-refractivity contribution in [3.8, 4) is 0 Å². The fourth-order valence-corrected chi connectivity index (χ4v) is 2.09. The third kappa shape index (κ3) is 1.29. The third-order valence-electron chi connectivity index (χ3n) is 2.74. The van der Waals surface area contributed by atoms with Crippen molar-refractivity contribution in [3.05, 3.63) is 0 Å². The van der Waals surface area contributed by atoms with Gasteiger partial charge >= 0.3 is 6.03 Å². The number of aliphatic hydroxyl groups excluding tert-OH is 1. The van der Waals surface area contributed by atoms with Gasteiger partial charge in [-0.1, -0.05) is 0 Å². The van der Waals surface area contributed by atoms with E-state index in [0.717, 1.165) is 6.42 Å². The highest BCUT2D eigenvalue weighted by atomic mass is 16.3. The van der Waals surface area contributed by atoms with Crippen LogP contribution in [-0.2, 0) is 4.79 Å². The van der Waals surface area contributed by atoms with Crippen LogP contribution in [0.15, 0.2) is 0 Å². The van der Waals surface area contributed by atoms with Gasteiger partial charge in [0.15, 0.2) is 0 Å². The molecule has 1 aliphatic heterocycles. The average molecular weight is 184 g/mol. The van der Waals surface area contributed by atoms with Crippen molar-refractivity contribution in [1.82, 2.24) is 10.6 Å². The van der Waals surface area contributed by atoms with Gasteiger partial charge in [0.2, 0.25) is 0 Å². The zero-order valence-corrected chi connectivity index (χ0v) is 7.17. The Balaban J connectivity index is 2.19. The minimum absolute atomic E-state index is 0.295. The molecule has 72 valence electrons. The molecule has 2 fully saturated rings. The molecule has 2 unspecified atom stereocenters. The molecule has 1 spiro atoms. The van der Waals surface area contributed by atoms with E-state index in [4.69, 9.17) is 0 Å². The summed E-state index contributed by atoms with van der Waals surface area (Å²) in [5, 5.41) is 14.2. The second-order valence-corrected chi connectivity index (χ2v) is 3.74. The van der Waals surface area contributed by atoms with Crippen molar-refractivity contribution < 1.29 is 14.7 Å². The fourth-order valence-electron chi connectivity index (χ4n) is 2.09. The highest BCUT2D eigenvalue weighted by molar-refractivity contribution is 6.07. The summed E-state index contributed by atoms with van der Waals surface area (Å²) in [6.45, 7) is 0. The molecule has 0 aromatic rings. The summed E-state index contributed by atoms with van der Waals surface area (Å²) in [6.07, 6.45) is 1.98. The first kappa shape index (κ1) is 8.50. The zero-order valence-electron chi connectivity index (χ0n) is 7.17. The van der Waals surface area contributed by atoms with Crippen LogP contribution in [0.1, 0.15) is 25.7 Å². The Hall–Kier alpha value is -1.10. The number of amides is 3. The maximum atomic E-state index is 11.4. The lowest BCUT2D eigenvalue weighted by atomic mass is 9.80. The van der Waals surface area contributed by atoms with E-state index in [1.807, 2.05) is 0 Å². The molecule has 0 bridgehead atoms. The largest absolute Gasteiger partial charge is 0.393 e. The van der Waals surface area contributed by atoms with Crippen LogP contribution in [0.2, 0.25) is 0 Å².